The fourth-order valence-electron chi connectivity index (χ4n) is 2.24. The standard InChI is InChI=1S/C19H19N3OS/c1-13-7-8-16(9-14(13)2)18-12-24-19(21-18)22-20-11-15-5-4-6-17(10-15)23-3/h4-12H,1-3H3,(H,21,22)/b20-11-. The first-order valence-corrected chi connectivity index (χ1v) is 8.50. The number of nitrogens with one attached hydrogen (secondary N) is 1. The number of aryl methyl sites for hydroxylation is 2. The maximum absolute atomic E-state index is 5.20. The third-order valence-electron chi connectivity index (χ3n) is 3.77. The van der Waals surface area contributed by atoms with E-state index >= 15 is 0 Å². The highest BCUT2D eigenvalue weighted by atomic mass is 32.1. The Labute approximate surface area is 145 Å². The van der Waals surface area contributed by atoms with Gasteiger partial charge >= 0.3 is 0 Å². The van der Waals surface area contributed by atoms with Crippen LogP contribution in [0.2, 0.25) is 0 Å². The van der Waals surface area contributed by atoms with Gasteiger partial charge in [0, 0.05) is 10.9 Å². The lowest BCUT2D eigenvalue weighted by atomic mass is 10.1. The van der Waals surface area contributed by atoms with E-state index in [9.17, 15) is 0 Å². The molecule has 5 heteroatoms. The number of hydrazone groups is 1. The number of hydrogen-bond acceptors (Lipinski definition) is 5. The lowest BCUT2D eigenvalue weighted by Crippen LogP contribution is -1.91. The number of anilines is 1. The summed E-state index contributed by atoms with van der Waals surface area (Å²) in [7, 11) is 1.65. The van der Waals surface area contributed by atoms with Gasteiger partial charge in [0.2, 0.25) is 5.13 Å². The zero-order valence-electron chi connectivity index (χ0n) is 13.9. The number of methoxy groups -OCH3 is 1. The second-order valence-corrected chi connectivity index (χ2v) is 6.34. The van der Waals surface area contributed by atoms with Crippen LogP contribution in [0.3, 0.4) is 0 Å². The third-order valence-corrected chi connectivity index (χ3v) is 4.52. The highest BCUT2D eigenvalue weighted by Crippen LogP contribution is 2.26. The molecule has 0 spiro atoms. The smallest absolute Gasteiger partial charge is 0.203 e. The Kier molecular flexibility index (Phi) is 4.91. The SMILES string of the molecule is COc1cccc(/C=N\Nc2nc(-c3ccc(C)c(C)c3)cs2)c1. The Morgan fingerprint density at radius 3 is 2.79 bits per heavy atom. The molecule has 3 rings (SSSR count). The van der Waals surface area contributed by atoms with E-state index in [1.807, 2.05) is 29.6 Å². The van der Waals surface area contributed by atoms with Crippen molar-refractivity contribution < 1.29 is 4.74 Å². The summed E-state index contributed by atoms with van der Waals surface area (Å²) < 4.78 is 5.20. The summed E-state index contributed by atoms with van der Waals surface area (Å²) in [6.45, 7) is 4.23. The van der Waals surface area contributed by atoms with E-state index in [0.717, 1.165) is 27.7 Å². The van der Waals surface area contributed by atoms with E-state index in [-0.39, 0.29) is 0 Å². The Morgan fingerprint density at radius 2 is 2.00 bits per heavy atom. The van der Waals surface area contributed by atoms with Crippen LogP contribution in [0.25, 0.3) is 11.3 Å². The van der Waals surface area contributed by atoms with Crippen molar-refractivity contribution in [2.75, 3.05) is 12.5 Å². The van der Waals surface area contributed by atoms with E-state index < -0.39 is 0 Å². The van der Waals surface area contributed by atoms with Gasteiger partial charge < -0.3 is 4.74 Å². The van der Waals surface area contributed by atoms with Gasteiger partial charge in [-0.3, -0.25) is 5.43 Å². The molecule has 1 aromatic heterocycles. The molecule has 2 aromatic carbocycles. The normalized spacial score (nSPS) is 11.0. The van der Waals surface area contributed by atoms with E-state index in [1.165, 1.54) is 22.5 Å². The van der Waals surface area contributed by atoms with Crippen molar-refractivity contribution in [3.8, 4) is 17.0 Å². The van der Waals surface area contributed by atoms with Crippen LogP contribution >= 0.6 is 11.3 Å². The van der Waals surface area contributed by atoms with Gasteiger partial charge in [-0.1, -0.05) is 24.3 Å². The van der Waals surface area contributed by atoms with Gasteiger partial charge in [-0.25, -0.2) is 4.98 Å². The monoisotopic (exact) mass is 337 g/mol. The van der Waals surface area contributed by atoms with E-state index in [4.69, 9.17) is 4.74 Å². The quantitative estimate of drug-likeness (QED) is 0.533. The van der Waals surface area contributed by atoms with Gasteiger partial charge in [-0.05, 0) is 48.7 Å². The Balaban J connectivity index is 1.69. The lowest BCUT2D eigenvalue weighted by molar-refractivity contribution is 0.415. The Hall–Kier alpha value is -2.66. The fraction of sp³-hybridized carbons (Fsp3) is 0.158. The van der Waals surface area contributed by atoms with Crippen molar-refractivity contribution in [2.45, 2.75) is 13.8 Å². The molecule has 0 saturated heterocycles. The van der Waals surface area contributed by atoms with Crippen molar-refractivity contribution in [2.24, 2.45) is 5.10 Å². The van der Waals surface area contributed by atoms with Crippen molar-refractivity contribution in [1.29, 1.82) is 0 Å². The summed E-state index contributed by atoms with van der Waals surface area (Å²) in [5, 5.41) is 7.04. The highest BCUT2D eigenvalue weighted by Gasteiger charge is 2.05. The van der Waals surface area contributed by atoms with Crippen molar-refractivity contribution in [3.63, 3.8) is 0 Å². The van der Waals surface area contributed by atoms with Gasteiger partial charge in [-0.2, -0.15) is 5.10 Å². The molecule has 24 heavy (non-hydrogen) atoms. The highest BCUT2D eigenvalue weighted by molar-refractivity contribution is 7.14. The summed E-state index contributed by atoms with van der Waals surface area (Å²) >= 11 is 1.54. The van der Waals surface area contributed by atoms with Gasteiger partial charge in [-0.15, -0.1) is 11.3 Å². The maximum atomic E-state index is 5.20. The predicted molar refractivity (Wildman–Crippen MR) is 101 cm³/mol. The van der Waals surface area contributed by atoms with Crippen LogP contribution in [0.5, 0.6) is 5.75 Å². The largest absolute Gasteiger partial charge is 0.497 e. The van der Waals surface area contributed by atoms with Gasteiger partial charge in [0.05, 0.1) is 19.0 Å². The van der Waals surface area contributed by atoms with Crippen LogP contribution in [0.15, 0.2) is 52.9 Å². The first-order chi connectivity index (χ1) is 11.7. The van der Waals surface area contributed by atoms with Crippen molar-refractivity contribution in [3.05, 3.63) is 64.5 Å². The summed E-state index contributed by atoms with van der Waals surface area (Å²) in [4.78, 5) is 4.59. The van der Waals surface area contributed by atoms with Crippen LogP contribution in [-0.2, 0) is 0 Å². The van der Waals surface area contributed by atoms with E-state index in [1.54, 1.807) is 13.3 Å². The lowest BCUT2D eigenvalue weighted by Gasteiger charge is -2.02. The number of hydrogen-bond donors (Lipinski definition) is 1. The van der Waals surface area contributed by atoms with Crippen LogP contribution in [0.4, 0.5) is 5.13 Å². The fourth-order valence-corrected chi connectivity index (χ4v) is 2.91. The summed E-state index contributed by atoms with van der Waals surface area (Å²) in [5.41, 5.74) is 8.59. The van der Waals surface area contributed by atoms with Crippen LogP contribution in [0, 0.1) is 13.8 Å². The number of thiazole rings is 1. The molecule has 0 aliphatic heterocycles. The number of ether oxygens (including phenoxy) is 1. The molecule has 0 amide bonds. The molecular weight excluding hydrogens is 318 g/mol. The second-order valence-electron chi connectivity index (χ2n) is 5.48. The summed E-state index contributed by atoms with van der Waals surface area (Å²) in [5.74, 6) is 0.810. The van der Waals surface area contributed by atoms with Crippen LogP contribution < -0.4 is 10.2 Å². The molecule has 0 aliphatic carbocycles. The van der Waals surface area contributed by atoms with Crippen molar-refractivity contribution in [1.82, 2.24) is 4.98 Å². The molecule has 0 bridgehead atoms. The minimum atomic E-state index is 0.766. The van der Waals surface area contributed by atoms with Gasteiger partial charge in [0.1, 0.15) is 5.75 Å². The van der Waals surface area contributed by atoms with Crippen LogP contribution in [0.1, 0.15) is 16.7 Å². The number of benzene rings is 2. The Bertz CT molecular complexity index is 871. The van der Waals surface area contributed by atoms with Crippen LogP contribution in [-0.4, -0.2) is 18.3 Å². The van der Waals surface area contributed by atoms with Gasteiger partial charge in [0.15, 0.2) is 0 Å². The average molecular weight is 337 g/mol. The molecule has 1 N–H and O–H groups in total. The molecule has 0 fully saturated rings. The minimum Gasteiger partial charge on any atom is -0.497 e. The third kappa shape index (κ3) is 3.81. The summed E-state index contributed by atoms with van der Waals surface area (Å²) in [6, 6.07) is 14.1. The zero-order valence-corrected chi connectivity index (χ0v) is 14.7. The van der Waals surface area contributed by atoms with E-state index in [2.05, 4.69) is 47.6 Å². The Morgan fingerprint density at radius 1 is 1.12 bits per heavy atom. The molecular formula is C19H19N3OS. The molecule has 0 atom stereocenters. The summed E-state index contributed by atoms with van der Waals surface area (Å²) in [6.07, 6.45) is 1.75. The number of rotatable bonds is 5. The van der Waals surface area contributed by atoms with Crippen molar-refractivity contribution >= 4 is 22.7 Å². The number of aromatic nitrogens is 1. The van der Waals surface area contributed by atoms with E-state index in [0.29, 0.717) is 0 Å². The topological polar surface area (TPSA) is 46.5 Å². The molecule has 0 saturated carbocycles. The molecule has 1 heterocycles. The molecule has 3 aromatic rings. The zero-order chi connectivity index (χ0) is 16.9. The van der Waals surface area contributed by atoms with Gasteiger partial charge in [0.25, 0.3) is 0 Å². The molecule has 4 nitrogen and oxygen atoms in total. The maximum Gasteiger partial charge on any atom is 0.203 e. The minimum absolute atomic E-state index is 0.766. The number of nitrogens with zero attached hydrogens (tertiary/aromatic N) is 2. The first kappa shape index (κ1) is 16.2. The second kappa shape index (κ2) is 7.27. The first-order valence-electron chi connectivity index (χ1n) is 7.62. The average Bonchev–Trinajstić information content (AvgIpc) is 3.06. The molecule has 0 aliphatic rings. The predicted octanol–water partition coefficient (Wildman–Crippen LogP) is 4.88. The molecule has 122 valence electrons. The molecule has 0 unspecified atom stereocenters. The molecule has 0 radical (unpaired) electrons.